The van der Waals surface area contributed by atoms with E-state index < -0.39 is 54.5 Å². The van der Waals surface area contributed by atoms with Crippen molar-refractivity contribution in [3.8, 4) is 0 Å². The summed E-state index contributed by atoms with van der Waals surface area (Å²) in [7, 11) is -13.6. The van der Waals surface area contributed by atoms with E-state index in [4.69, 9.17) is 29.5 Å². The molecule has 0 amide bonds. The first-order valence-corrected chi connectivity index (χ1v) is 19.4. The highest BCUT2D eigenvalue weighted by Crippen LogP contribution is 2.66. The van der Waals surface area contributed by atoms with Gasteiger partial charge in [-0.25, -0.2) is 33.4 Å². The Hall–Kier alpha value is -1.89. The number of imidazole rings is 1. The van der Waals surface area contributed by atoms with Crippen LogP contribution in [0.2, 0.25) is 0 Å². The number of benzene rings is 1. The Kier molecular flexibility index (Phi) is 11.3. The third kappa shape index (κ3) is 9.10. The molecule has 0 saturated carbocycles. The van der Waals surface area contributed by atoms with Gasteiger partial charge in [0, 0.05) is 17.4 Å². The maximum Gasteiger partial charge on any atom is 0.490 e. The van der Waals surface area contributed by atoms with E-state index in [0.29, 0.717) is 0 Å². The van der Waals surface area contributed by atoms with E-state index in [2.05, 4.69) is 23.6 Å². The van der Waals surface area contributed by atoms with Crippen molar-refractivity contribution in [3.63, 3.8) is 0 Å². The van der Waals surface area contributed by atoms with Crippen LogP contribution < -0.4 is 5.73 Å². The Morgan fingerprint density at radius 2 is 1.86 bits per heavy atom. The van der Waals surface area contributed by atoms with Gasteiger partial charge in [-0.15, -0.1) is 0 Å². The molecule has 0 radical (unpaired) electrons. The molecule has 44 heavy (non-hydrogen) atoms. The van der Waals surface area contributed by atoms with Crippen molar-refractivity contribution in [3.05, 3.63) is 48.0 Å². The van der Waals surface area contributed by atoms with Gasteiger partial charge in [0.05, 0.1) is 18.5 Å². The van der Waals surface area contributed by atoms with Crippen molar-refractivity contribution in [1.29, 1.82) is 0 Å². The van der Waals surface area contributed by atoms with Crippen LogP contribution in [0.25, 0.3) is 11.2 Å². The summed E-state index contributed by atoms with van der Waals surface area (Å²) in [5.41, 5.74) is 7.43. The first kappa shape index (κ1) is 35.0. The summed E-state index contributed by atoms with van der Waals surface area (Å²) in [5.74, 6) is 0.247. The van der Waals surface area contributed by atoms with E-state index in [9.17, 15) is 28.3 Å². The van der Waals surface area contributed by atoms with E-state index in [1.165, 1.54) is 17.2 Å². The molecular weight excluding hydrogens is 687 g/mol. The van der Waals surface area contributed by atoms with E-state index in [1.807, 2.05) is 13.8 Å². The molecule has 6 atom stereocenters. The first-order chi connectivity index (χ1) is 20.6. The summed E-state index contributed by atoms with van der Waals surface area (Å²) in [6.07, 6.45) is -0.736. The number of carbonyl (C=O) groups is 1. The maximum atomic E-state index is 13.4. The number of hydrogen-bond acceptors (Lipinski definition) is 15. The molecule has 2 aromatic heterocycles. The van der Waals surface area contributed by atoms with Crippen molar-refractivity contribution in [2.24, 2.45) is 0 Å². The minimum atomic E-state index is -5.75. The lowest BCUT2D eigenvalue weighted by atomic mass is 10.0. The number of nitrogens with zero attached hydrogens (tertiary/aromatic N) is 4. The van der Waals surface area contributed by atoms with Gasteiger partial charge in [0.25, 0.3) is 0 Å². The number of nitrogens with two attached hydrogens (primary N) is 1. The number of esters is 1. The number of carbonyl (C=O) groups excluding carboxylic acids is 1. The van der Waals surface area contributed by atoms with Crippen LogP contribution in [0.4, 0.5) is 5.82 Å². The molecule has 1 aromatic carbocycles. The minimum absolute atomic E-state index is 0.0241. The second-order valence-electron chi connectivity index (χ2n) is 9.01. The molecule has 0 spiro atoms. The Morgan fingerprint density at radius 3 is 2.57 bits per heavy atom. The smallest absolute Gasteiger partial charge is 0.456 e. The van der Waals surface area contributed by atoms with Gasteiger partial charge in [0.2, 0.25) is 0 Å². The molecule has 18 nitrogen and oxygen atoms in total. The van der Waals surface area contributed by atoms with Gasteiger partial charge < -0.3 is 34.8 Å². The fraction of sp³-hybridized carbons (Fsp3) is 0.429. The van der Waals surface area contributed by atoms with Crippen LogP contribution in [0.3, 0.4) is 0 Å². The number of ether oxygens (including phenoxy) is 2. The SMILES string of the molecule is CCSSC(C)c1ccccc1C(=O)O[C@@H]1C[C@H](n2cnc3c(N)ncnc32)O[C@@H]1COP(=O)(O)OP(=O)(O)OP(=O)(O)O. The largest absolute Gasteiger partial charge is 0.490 e. The molecule has 3 heterocycles. The summed E-state index contributed by atoms with van der Waals surface area (Å²) in [4.78, 5) is 62.6. The van der Waals surface area contributed by atoms with Crippen molar-refractivity contribution < 1.29 is 60.7 Å². The highest BCUT2D eigenvalue weighted by molar-refractivity contribution is 8.76. The third-order valence-electron chi connectivity index (χ3n) is 5.90. The number of aromatic nitrogens is 4. The van der Waals surface area contributed by atoms with Crippen LogP contribution in [0.15, 0.2) is 36.9 Å². The predicted octanol–water partition coefficient (Wildman–Crippen LogP) is 3.73. The zero-order chi connectivity index (χ0) is 32.3. The fourth-order valence-corrected chi connectivity index (χ4v) is 9.17. The van der Waals surface area contributed by atoms with E-state index in [-0.39, 0.29) is 34.2 Å². The van der Waals surface area contributed by atoms with Gasteiger partial charge in [0.15, 0.2) is 11.5 Å². The van der Waals surface area contributed by atoms with E-state index in [1.54, 1.807) is 45.9 Å². The standard InChI is InChI=1S/C21H28N5O13P3S2/c1-3-43-44-12(2)13-6-4-5-7-14(13)21(27)37-15-8-17(26-11-25-18-19(22)23-10-24-20(18)26)36-16(15)9-35-41(31,32)39-42(33,34)38-40(28,29)30/h4-7,10-12,15-17H,3,8-9H2,1-2H3,(H,31,32)(H,33,34)(H2,22,23,24)(H2,28,29,30)/t12?,15-,16-,17-/m1/s1. The lowest BCUT2D eigenvalue weighted by Crippen LogP contribution is -2.31. The summed E-state index contributed by atoms with van der Waals surface area (Å²) in [6.45, 7) is 3.10. The van der Waals surface area contributed by atoms with Crippen LogP contribution in [0.5, 0.6) is 0 Å². The molecule has 0 aliphatic carbocycles. The highest BCUT2D eigenvalue weighted by Gasteiger charge is 2.44. The number of phosphoric acid groups is 3. The number of fused-ring (bicyclic) bond motifs is 1. The normalized spacial score (nSPS) is 22.4. The molecule has 1 aliphatic heterocycles. The van der Waals surface area contributed by atoms with Crippen molar-refractivity contribution in [2.45, 2.75) is 44.0 Å². The van der Waals surface area contributed by atoms with E-state index >= 15 is 0 Å². The Balaban J connectivity index is 1.57. The van der Waals surface area contributed by atoms with Gasteiger partial charge >= 0.3 is 29.4 Å². The number of phosphoric ester groups is 1. The minimum Gasteiger partial charge on any atom is -0.456 e. The zero-order valence-corrected chi connectivity index (χ0v) is 27.2. The molecule has 6 N–H and O–H groups in total. The van der Waals surface area contributed by atoms with Gasteiger partial charge in [-0.2, -0.15) is 8.62 Å². The first-order valence-electron chi connectivity index (χ1n) is 12.5. The second kappa shape index (κ2) is 14.3. The lowest BCUT2D eigenvalue weighted by molar-refractivity contribution is -0.0490. The lowest BCUT2D eigenvalue weighted by Gasteiger charge is -2.22. The second-order valence-corrected chi connectivity index (χ2v) is 16.4. The molecule has 1 saturated heterocycles. The number of nitrogen functional groups attached to an aromatic ring is 1. The summed E-state index contributed by atoms with van der Waals surface area (Å²) >= 11 is 0. The average molecular weight is 716 g/mol. The molecule has 4 rings (SSSR count). The average Bonchev–Trinajstić information content (AvgIpc) is 3.53. The van der Waals surface area contributed by atoms with Crippen molar-refractivity contribution in [2.75, 3.05) is 18.1 Å². The van der Waals surface area contributed by atoms with Crippen LogP contribution in [0.1, 0.15) is 47.7 Å². The summed E-state index contributed by atoms with van der Waals surface area (Å²) < 4.78 is 60.6. The molecule has 23 heteroatoms. The van der Waals surface area contributed by atoms with Gasteiger partial charge in [-0.3, -0.25) is 9.09 Å². The summed E-state index contributed by atoms with van der Waals surface area (Å²) in [5, 5.41) is -0.0696. The Bertz CT molecular complexity index is 1640. The maximum absolute atomic E-state index is 13.4. The Labute approximate surface area is 257 Å². The molecular formula is C21H28N5O13P3S2. The highest BCUT2D eigenvalue weighted by atomic mass is 33.1. The van der Waals surface area contributed by atoms with Crippen LogP contribution in [0, 0.1) is 0 Å². The van der Waals surface area contributed by atoms with Crippen molar-refractivity contribution >= 4 is 68.0 Å². The third-order valence-corrected chi connectivity index (χ3v) is 12.6. The van der Waals surface area contributed by atoms with Gasteiger partial charge in [0.1, 0.15) is 30.3 Å². The van der Waals surface area contributed by atoms with Gasteiger partial charge in [-0.1, -0.05) is 46.7 Å². The number of rotatable bonds is 14. The zero-order valence-electron chi connectivity index (χ0n) is 22.9. The molecule has 1 aliphatic rings. The molecule has 0 bridgehead atoms. The van der Waals surface area contributed by atoms with Crippen LogP contribution in [-0.2, 0) is 36.3 Å². The van der Waals surface area contributed by atoms with Crippen molar-refractivity contribution in [1.82, 2.24) is 19.5 Å². The van der Waals surface area contributed by atoms with E-state index in [0.717, 1.165) is 11.3 Å². The fourth-order valence-electron chi connectivity index (χ4n) is 4.16. The summed E-state index contributed by atoms with van der Waals surface area (Å²) in [6, 6.07) is 6.86. The molecule has 1 fully saturated rings. The van der Waals surface area contributed by atoms with Crippen LogP contribution >= 0.6 is 45.1 Å². The monoisotopic (exact) mass is 715 g/mol. The molecule has 242 valence electrons. The van der Waals surface area contributed by atoms with Gasteiger partial charge in [-0.05, 0) is 18.6 Å². The quantitative estimate of drug-likeness (QED) is 0.0904. The number of hydrogen-bond donors (Lipinski definition) is 5. The molecule has 3 unspecified atom stereocenters. The topological polar surface area (TPSA) is 265 Å². The predicted molar refractivity (Wildman–Crippen MR) is 158 cm³/mol. The molecule has 3 aromatic rings. The Morgan fingerprint density at radius 1 is 1.14 bits per heavy atom. The van der Waals surface area contributed by atoms with Crippen LogP contribution in [-0.4, -0.2) is 69.6 Å². The number of anilines is 1.